The topological polar surface area (TPSA) is 53.4 Å². The fourth-order valence-electron chi connectivity index (χ4n) is 4.68. The van der Waals surface area contributed by atoms with E-state index in [2.05, 4.69) is 30.5 Å². The van der Waals surface area contributed by atoms with Crippen molar-refractivity contribution < 1.29 is 14.3 Å². The molecule has 1 unspecified atom stereocenters. The normalized spacial score (nSPS) is 12.7. The summed E-state index contributed by atoms with van der Waals surface area (Å²) in [5, 5.41) is 1.64. The molecule has 0 saturated carbocycles. The molecule has 0 spiro atoms. The highest BCUT2D eigenvalue weighted by molar-refractivity contribution is 6.30. The van der Waals surface area contributed by atoms with Gasteiger partial charge in [-0.15, -0.1) is 0 Å². The van der Waals surface area contributed by atoms with E-state index in [-0.39, 0.29) is 0 Å². The largest absolute Gasteiger partial charge is 0.467 e. The Kier molecular flexibility index (Phi) is 7.26. The minimum absolute atomic E-state index is 0.456. The Hall–Kier alpha value is -3.15. The lowest BCUT2D eigenvalue weighted by Gasteiger charge is -2.29. The summed E-state index contributed by atoms with van der Waals surface area (Å²) >= 11 is 6.25. The van der Waals surface area contributed by atoms with Crippen LogP contribution in [0.3, 0.4) is 0 Å². The molecule has 2 aromatic heterocycles. The second-order valence-corrected chi connectivity index (χ2v) is 10.5. The summed E-state index contributed by atoms with van der Waals surface area (Å²) in [5.74, 6) is -0.456. The molecule has 0 bridgehead atoms. The van der Waals surface area contributed by atoms with E-state index >= 15 is 0 Å². The van der Waals surface area contributed by atoms with E-state index in [1.807, 2.05) is 70.2 Å². The Labute approximate surface area is 218 Å². The van der Waals surface area contributed by atoms with Crippen LogP contribution >= 0.6 is 11.6 Å². The van der Waals surface area contributed by atoms with Gasteiger partial charge in [-0.2, -0.15) is 0 Å². The average Bonchev–Trinajstić information content (AvgIpc) is 3.06. The molecular formula is C30H33ClN2O3. The Balaban J connectivity index is 2.08. The molecule has 6 heteroatoms. The Bertz CT molecular complexity index is 1400. The molecule has 2 aromatic carbocycles. The van der Waals surface area contributed by atoms with Crippen molar-refractivity contribution in [3.05, 3.63) is 87.7 Å². The molecule has 0 radical (unpaired) electrons. The molecule has 2 heterocycles. The predicted octanol–water partition coefficient (Wildman–Crippen LogP) is 7.36. The first kappa shape index (κ1) is 25.9. The van der Waals surface area contributed by atoms with Gasteiger partial charge in [-0.1, -0.05) is 54.1 Å². The van der Waals surface area contributed by atoms with E-state index in [0.717, 1.165) is 39.1 Å². The second kappa shape index (κ2) is 10.1. The highest BCUT2D eigenvalue weighted by Crippen LogP contribution is 2.42. The van der Waals surface area contributed by atoms with Gasteiger partial charge in [-0.05, 0) is 70.4 Å². The van der Waals surface area contributed by atoms with Crippen LogP contribution in [-0.2, 0) is 20.8 Å². The summed E-state index contributed by atoms with van der Waals surface area (Å²) in [6.07, 6.45) is -0.935. The third-order valence-corrected chi connectivity index (χ3v) is 6.70. The number of aromatic nitrogens is 2. The molecule has 0 amide bonds. The van der Waals surface area contributed by atoms with Gasteiger partial charge in [0.25, 0.3) is 0 Å². The smallest absolute Gasteiger partial charge is 0.339 e. The zero-order valence-electron chi connectivity index (χ0n) is 22.0. The van der Waals surface area contributed by atoms with Crippen molar-refractivity contribution in [2.45, 2.75) is 59.8 Å². The fourth-order valence-corrected chi connectivity index (χ4v) is 4.80. The summed E-state index contributed by atoms with van der Waals surface area (Å²) in [7, 11) is 1.39. The van der Waals surface area contributed by atoms with Crippen molar-refractivity contribution in [3.63, 3.8) is 0 Å². The van der Waals surface area contributed by atoms with Crippen LogP contribution in [0.25, 0.3) is 22.2 Å². The van der Waals surface area contributed by atoms with Gasteiger partial charge in [0.15, 0.2) is 6.10 Å². The molecule has 4 aromatic rings. The zero-order valence-corrected chi connectivity index (χ0v) is 22.7. The quantitative estimate of drug-likeness (QED) is 0.257. The number of pyridine rings is 1. The molecule has 0 aliphatic rings. The van der Waals surface area contributed by atoms with Crippen molar-refractivity contribution in [1.82, 2.24) is 9.55 Å². The van der Waals surface area contributed by atoms with Gasteiger partial charge in [-0.3, -0.25) is 0 Å². The van der Waals surface area contributed by atoms with Gasteiger partial charge < -0.3 is 14.0 Å². The molecule has 0 aliphatic carbocycles. The maximum Gasteiger partial charge on any atom is 0.339 e. The first-order valence-corrected chi connectivity index (χ1v) is 12.4. The number of benzene rings is 2. The number of methoxy groups -OCH3 is 1. The van der Waals surface area contributed by atoms with Crippen molar-refractivity contribution in [2.24, 2.45) is 0 Å². The van der Waals surface area contributed by atoms with Crippen LogP contribution < -0.4 is 0 Å². The third kappa shape index (κ3) is 5.04. The lowest BCUT2D eigenvalue weighted by atomic mass is 9.91. The number of ether oxygens (including phenoxy) is 2. The number of nitrogens with zero attached hydrogens (tertiary/aromatic N) is 2. The number of halogens is 1. The van der Waals surface area contributed by atoms with E-state index in [1.54, 1.807) is 0 Å². The van der Waals surface area contributed by atoms with Gasteiger partial charge in [0.1, 0.15) is 5.65 Å². The number of carbonyl (C=O) groups is 1. The molecule has 0 saturated heterocycles. The van der Waals surface area contributed by atoms with E-state index in [0.29, 0.717) is 17.1 Å². The summed E-state index contributed by atoms with van der Waals surface area (Å²) in [5.41, 5.74) is 7.01. The van der Waals surface area contributed by atoms with Gasteiger partial charge in [-0.25, -0.2) is 9.78 Å². The van der Waals surface area contributed by atoms with Crippen LogP contribution in [0.2, 0.25) is 5.02 Å². The van der Waals surface area contributed by atoms with Crippen molar-refractivity contribution in [1.29, 1.82) is 0 Å². The number of fused-ring (bicyclic) bond motifs is 1. The first-order valence-electron chi connectivity index (χ1n) is 12.1. The number of esters is 1. The van der Waals surface area contributed by atoms with Gasteiger partial charge in [0.05, 0.1) is 12.7 Å². The molecule has 188 valence electrons. The summed E-state index contributed by atoms with van der Waals surface area (Å²) < 4.78 is 13.8. The molecule has 36 heavy (non-hydrogen) atoms. The zero-order chi connectivity index (χ0) is 26.2. The van der Waals surface area contributed by atoms with Crippen molar-refractivity contribution >= 4 is 28.6 Å². The standard InChI is InChI=1S/C30H33ClN2O3/c1-18-20(3)33(17-21-11-9-8-10-12-21)28-24(18)26(22-13-15-23(31)16-14-22)25(19(2)32-28)27(29(34)35-7)36-30(4,5)6/h8-16,27H,17H2,1-7H3. The molecular weight excluding hydrogens is 472 g/mol. The second-order valence-electron chi connectivity index (χ2n) is 10.1. The van der Waals surface area contributed by atoms with Crippen molar-refractivity contribution in [2.75, 3.05) is 7.11 Å². The SMILES string of the molecule is COC(=O)C(OC(C)(C)C)c1c(C)nc2c(c(C)c(C)n2Cc2ccccc2)c1-c1ccc(Cl)cc1. The number of aryl methyl sites for hydroxylation is 2. The highest BCUT2D eigenvalue weighted by Gasteiger charge is 2.34. The summed E-state index contributed by atoms with van der Waals surface area (Å²) in [6.45, 7) is 12.6. The molecule has 0 fully saturated rings. The predicted molar refractivity (Wildman–Crippen MR) is 146 cm³/mol. The Morgan fingerprint density at radius 1 is 1.03 bits per heavy atom. The number of carbonyl (C=O) groups excluding carboxylic acids is 1. The van der Waals surface area contributed by atoms with Crippen LogP contribution in [0.1, 0.15) is 55.0 Å². The van der Waals surface area contributed by atoms with Crippen molar-refractivity contribution in [3.8, 4) is 11.1 Å². The van der Waals surface area contributed by atoms with E-state index in [4.69, 9.17) is 26.1 Å². The van der Waals surface area contributed by atoms with E-state index in [9.17, 15) is 4.79 Å². The molecule has 0 aliphatic heterocycles. The Morgan fingerprint density at radius 3 is 2.25 bits per heavy atom. The lowest BCUT2D eigenvalue weighted by molar-refractivity contribution is -0.164. The maximum atomic E-state index is 13.1. The van der Waals surface area contributed by atoms with Crippen LogP contribution in [-0.4, -0.2) is 28.2 Å². The average molecular weight is 505 g/mol. The van der Waals surface area contributed by atoms with Gasteiger partial charge in [0.2, 0.25) is 0 Å². The van der Waals surface area contributed by atoms with E-state index in [1.165, 1.54) is 12.7 Å². The van der Waals surface area contributed by atoms with Crippen LogP contribution in [0.5, 0.6) is 0 Å². The lowest BCUT2D eigenvalue weighted by Crippen LogP contribution is -2.29. The number of hydrogen-bond acceptors (Lipinski definition) is 4. The van der Waals surface area contributed by atoms with Crippen LogP contribution in [0.15, 0.2) is 54.6 Å². The number of rotatable bonds is 6. The monoisotopic (exact) mass is 504 g/mol. The van der Waals surface area contributed by atoms with Crippen LogP contribution in [0, 0.1) is 20.8 Å². The Morgan fingerprint density at radius 2 is 1.67 bits per heavy atom. The van der Waals surface area contributed by atoms with Gasteiger partial charge in [0, 0.05) is 39.5 Å². The molecule has 0 N–H and O–H groups in total. The molecule has 1 atom stereocenters. The highest BCUT2D eigenvalue weighted by atomic mass is 35.5. The minimum atomic E-state index is -0.935. The first-order chi connectivity index (χ1) is 17.0. The number of hydrogen-bond donors (Lipinski definition) is 0. The van der Waals surface area contributed by atoms with E-state index < -0.39 is 17.7 Å². The summed E-state index contributed by atoms with van der Waals surface area (Å²) in [6, 6.07) is 18.0. The third-order valence-electron chi connectivity index (χ3n) is 6.45. The summed E-state index contributed by atoms with van der Waals surface area (Å²) in [4.78, 5) is 18.2. The molecule has 5 nitrogen and oxygen atoms in total. The molecule has 4 rings (SSSR count). The maximum absolute atomic E-state index is 13.1. The van der Waals surface area contributed by atoms with Crippen LogP contribution in [0.4, 0.5) is 0 Å². The minimum Gasteiger partial charge on any atom is -0.467 e. The van der Waals surface area contributed by atoms with Gasteiger partial charge >= 0.3 is 5.97 Å². The fraction of sp³-hybridized carbons (Fsp3) is 0.333.